The van der Waals surface area contributed by atoms with Gasteiger partial charge in [0.1, 0.15) is 0 Å². The van der Waals surface area contributed by atoms with Gasteiger partial charge in [-0.05, 0) is 0 Å². The number of alkyl halides is 1. The van der Waals surface area contributed by atoms with Crippen molar-refractivity contribution in [1.82, 2.24) is 0 Å². The Morgan fingerprint density at radius 3 is 3.20 bits per heavy atom. The lowest BCUT2D eigenvalue weighted by Crippen LogP contribution is -1.91. The molecule has 0 aliphatic carbocycles. The van der Waals surface area contributed by atoms with Crippen molar-refractivity contribution in [3.05, 3.63) is 0 Å². The second-order valence-electron chi connectivity index (χ2n) is 0.382. The number of carboxylic acid groups (broad SMARTS) is 1. The van der Waals surface area contributed by atoms with E-state index in [0.29, 0.717) is 0 Å². The molecule has 0 unspecified atom stereocenters. The van der Waals surface area contributed by atoms with Crippen LogP contribution in [-0.2, 0) is 4.79 Å². The number of carbonyl (C=O) groups is 1. The minimum atomic E-state index is -2.07. The Morgan fingerprint density at radius 2 is 3.20 bits per heavy atom. The number of halogens is 1. The summed E-state index contributed by atoms with van der Waals surface area (Å²) in [6.07, 6.45) is 0. The summed E-state index contributed by atoms with van der Waals surface area (Å²) < 4.78 is 17.1. The first-order valence-electron chi connectivity index (χ1n) is 2.26. The molecular weight excluding hydrogens is 183 g/mol. The van der Waals surface area contributed by atoms with Crippen LogP contribution in [0, 0.1) is 0 Å². The Bertz CT molecular complexity index is 97.9. The first kappa shape index (κ1) is 1.77. The van der Waals surface area contributed by atoms with Crippen LogP contribution in [0.2, 0.25) is 0 Å². The molecule has 30 valence electrons. The van der Waals surface area contributed by atoms with Crippen LogP contribution in [0.5, 0.6) is 0 Å². The van der Waals surface area contributed by atoms with Crippen LogP contribution in [0.1, 0.15) is 2.74 Å². The predicted molar refractivity (Wildman–Crippen MR) is 26.5 cm³/mol. The highest BCUT2D eigenvalue weighted by Gasteiger charge is 1.82. The molecule has 0 radical (unpaired) electrons. The normalized spacial score (nSPS) is 18.2. The Morgan fingerprint density at radius 1 is 2.60 bits per heavy atom. The lowest BCUT2D eigenvalue weighted by atomic mass is 10.9. The van der Waals surface area contributed by atoms with Gasteiger partial charge in [0.25, 0.3) is 1.43 Å². The Balaban J connectivity index is 3.82. The van der Waals surface area contributed by atoms with Gasteiger partial charge in [-0.25, -0.2) is 0 Å². The van der Waals surface area contributed by atoms with Crippen LogP contribution < -0.4 is 0 Å². The zero-order valence-electron chi connectivity index (χ0n) is 5.19. The molecule has 0 bridgehead atoms. The van der Waals surface area contributed by atoms with E-state index in [0.717, 1.165) is 0 Å². The molecule has 0 aromatic carbocycles. The molecule has 1 N–H and O–H groups in total. The van der Waals surface area contributed by atoms with Crippen molar-refractivity contribution in [2.75, 3.05) is 4.38 Å². The minimum absolute atomic E-state index is 1.18. The molecule has 0 fully saturated rings. The predicted octanol–water partition coefficient (Wildman–Crippen LogP) is 0.506. The number of rotatable bonds is 1. The van der Waals surface area contributed by atoms with E-state index < -0.39 is 10.3 Å². The molecule has 0 aromatic rings. The third-order valence-corrected chi connectivity index (χ3v) is 0.518. The second-order valence-corrected chi connectivity index (χ2v) is 0.921. The highest BCUT2D eigenvalue weighted by molar-refractivity contribution is 14.1. The topological polar surface area (TPSA) is 37.3 Å². The van der Waals surface area contributed by atoms with Gasteiger partial charge in [0.15, 0.2) is 0 Å². The molecule has 0 rings (SSSR count). The summed E-state index contributed by atoms with van der Waals surface area (Å²) in [5.74, 6) is -1.18. The van der Waals surface area contributed by atoms with Gasteiger partial charge >= 0.3 is 5.97 Å². The fraction of sp³-hybridized carbons (Fsp3) is 0.500. The van der Waals surface area contributed by atoms with Gasteiger partial charge in [-0.15, -0.1) is 0 Å². The molecule has 0 aliphatic heterocycles. The molecule has 0 atom stereocenters. The number of aliphatic carboxylic acids is 1. The highest BCUT2D eigenvalue weighted by Crippen LogP contribution is 1.75. The smallest absolute Gasteiger partial charge is 0.313 e. The van der Waals surface area contributed by atoms with Gasteiger partial charge in [-0.3, -0.25) is 4.79 Å². The zero-order valence-corrected chi connectivity index (χ0v) is 4.35. The monoisotopic (exact) mass is 189 g/mol. The van der Waals surface area contributed by atoms with Crippen molar-refractivity contribution in [2.45, 2.75) is 0 Å². The SMILES string of the molecule is [2H]OC(=O)C([2H])([2H])I. The average molecular weight is 189 g/mol. The Hall–Kier alpha value is 0.200. The molecule has 5 heavy (non-hydrogen) atoms. The molecule has 0 saturated heterocycles. The van der Waals surface area contributed by atoms with Gasteiger partial charge in [-0.2, -0.15) is 0 Å². The molecule has 3 heteroatoms. The van der Waals surface area contributed by atoms with E-state index in [1.165, 1.54) is 22.6 Å². The van der Waals surface area contributed by atoms with E-state index in [2.05, 4.69) is 5.11 Å². The Labute approximate surface area is 47.6 Å². The first-order valence-corrected chi connectivity index (χ1v) is 1.93. The molecule has 2 nitrogen and oxygen atoms in total. The van der Waals surface area contributed by atoms with Crippen molar-refractivity contribution in [1.29, 1.82) is 1.43 Å². The average Bonchev–Trinajstić information content (AvgIpc) is 1.62. The van der Waals surface area contributed by atoms with Crippen molar-refractivity contribution in [3.63, 3.8) is 0 Å². The van der Waals surface area contributed by atoms with Crippen LogP contribution in [0.3, 0.4) is 0 Å². The quantitative estimate of drug-likeness (QED) is 0.481. The van der Waals surface area contributed by atoms with Gasteiger partial charge in [0.2, 0.25) is 0 Å². The van der Waals surface area contributed by atoms with Gasteiger partial charge < -0.3 is 5.11 Å². The van der Waals surface area contributed by atoms with Gasteiger partial charge in [0, 0.05) is 2.74 Å². The molecular formula is C2H3IO2. The Kier molecular flexibility index (Phi) is 0.863. The maximum atomic E-state index is 10.0. The lowest BCUT2D eigenvalue weighted by molar-refractivity contribution is -0.133. The number of carboxylic acids is 1. The lowest BCUT2D eigenvalue weighted by Gasteiger charge is -1.70. The minimum Gasteiger partial charge on any atom is -0.481 e. The summed E-state index contributed by atoms with van der Waals surface area (Å²) in [5, 5.41) is 3.34. The number of hydrogen-bond acceptors (Lipinski definition) is 2. The van der Waals surface area contributed by atoms with Crippen LogP contribution >= 0.6 is 22.6 Å². The summed E-state index contributed by atoms with van der Waals surface area (Å²) in [7, 11) is 0. The van der Waals surface area contributed by atoms with E-state index in [1.54, 1.807) is 0 Å². The van der Waals surface area contributed by atoms with Crippen LogP contribution in [0.15, 0.2) is 0 Å². The summed E-state index contributed by atoms with van der Waals surface area (Å²) in [5.41, 5.74) is 0. The van der Waals surface area contributed by atoms with Crippen LogP contribution in [0.25, 0.3) is 1.43 Å². The van der Waals surface area contributed by atoms with Gasteiger partial charge in [-0.1, -0.05) is 22.6 Å². The fourth-order valence-corrected chi connectivity index (χ4v) is 0. The highest BCUT2D eigenvalue weighted by atomic mass is 127. The molecule has 0 aromatic heterocycles. The van der Waals surface area contributed by atoms with E-state index in [4.69, 9.17) is 4.17 Å². The van der Waals surface area contributed by atoms with Crippen molar-refractivity contribution in [3.8, 4) is 0 Å². The first-order chi connectivity index (χ1) is 3.48. The summed E-state index contributed by atoms with van der Waals surface area (Å²) in [6.45, 7) is 0. The largest absolute Gasteiger partial charge is 0.481 e. The zero-order chi connectivity index (χ0) is 6.78. The number of hydrogen-bond donors (Lipinski definition) is 1. The van der Waals surface area contributed by atoms with Crippen LogP contribution in [0.4, 0.5) is 0 Å². The van der Waals surface area contributed by atoms with Crippen molar-refractivity contribution >= 4 is 28.6 Å². The third kappa shape index (κ3) is 4.20. The van der Waals surface area contributed by atoms with E-state index in [9.17, 15) is 4.79 Å². The van der Waals surface area contributed by atoms with Crippen molar-refractivity contribution < 1.29 is 12.6 Å². The molecule has 0 spiro atoms. The maximum absolute atomic E-state index is 10.0. The van der Waals surface area contributed by atoms with Crippen molar-refractivity contribution in [2.24, 2.45) is 0 Å². The van der Waals surface area contributed by atoms with E-state index in [1.807, 2.05) is 0 Å². The molecule has 0 amide bonds. The third-order valence-electron chi connectivity index (χ3n) is 0.0772. The maximum Gasteiger partial charge on any atom is 0.313 e. The summed E-state index contributed by atoms with van der Waals surface area (Å²) in [4.78, 5) is 10.0. The summed E-state index contributed by atoms with van der Waals surface area (Å²) >= 11 is 1.24. The van der Waals surface area contributed by atoms with E-state index in [-0.39, 0.29) is 0 Å². The summed E-state index contributed by atoms with van der Waals surface area (Å²) in [6, 6.07) is 0. The molecule has 0 heterocycles. The second kappa shape index (κ2) is 2.44. The van der Waals surface area contributed by atoms with Gasteiger partial charge in [0.05, 0.1) is 4.38 Å². The van der Waals surface area contributed by atoms with Crippen LogP contribution in [-0.4, -0.2) is 15.5 Å². The standard InChI is InChI=1S/C2H3IO2/c3-1-2(4)5/h1H2,(H,4,5)/i1D2/hD. The molecule has 0 saturated carbocycles. The molecule has 0 aliphatic rings. The van der Waals surface area contributed by atoms with E-state index >= 15 is 0 Å². The fourth-order valence-electron chi connectivity index (χ4n) is 0.